The fourth-order valence-electron chi connectivity index (χ4n) is 5.93. The minimum atomic E-state index is -0.561. The number of esters is 2. The summed E-state index contributed by atoms with van der Waals surface area (Å²) in [5.41, 5.74) is 8.72. The number of anilines is 3. The molecule has 0 N–H and O–H groups in total. The van der Waals surface area contributed by atoms with Crippen LogP contribution in [0.2, 0.25) is 0 Å². The number of fused-ring (bicyclic) bond motifs is 1. The van der Waals surface area contributed by atoms with Crippen molar-refractivity contribution in [3.05, 3.63) is 151 Å². The lowest BCUT2D eigenvalue weighted by Gasteiger charge is -2.29. The molecule has 5 rings (SSSR count). The first kappa shape index (κ1) is 32.0. The first-order chi connectivity index (χ1) is 22.2. The molecule has 0 radical (unpaired) electrons. The van der Waals surface area contributed by atoms with Crippen molar-refractivity contribution in [2.24, 2.45) is 0 Å². The van der Waals surface area contributed by atoms with Gasteiger partial charge >= 0.3 is 11.9 Å². The molecule has 2 unspecified atom stereocenters. The molecular weight excluding hydrogens is 570 g/mol. The van der Waals surface area contributed by atoms with Crippen LogP contribution in [-0.2, 0) is 19.1 Å². The zero-order valence-corrected chi connectivity index (χ0v) is 26.8. The van der Waals surface area contributed by atoms with Crippen LogP contribution in [-0.4, -0.2) is 24.1 Å². The molecule has 0 bridgehead atoms. The van der Waals surface area contributed by atoms with E-state index >= 15 is 0 Å². The monoisotopic (exact) mass is 609 g/mol. The van der Waals surface area contributed by atoms with E-state index in [1.807, 2.05) is 24.3 Å². The van der Waals surface area contributed by atoms with Gasteiger partial charge in [-0.1, -0.05) is 92.0 Å². The predicted molar refractivity (Wildman–Crippen MR) is 188 cm³/mol. The zero-order valence-electron chi connectivity index (χ0n) is 26.8. The Balaban J connectivity index is 1.48. The minimum Gasteiger partial charge on any atom is -0.459 e. The van der Waals surface area contributed by atoms with Gasteiger partial charge in [0, 0.05) is 28.9 Å². The van der Waals surface area contributed by atoms with Crippen molar-refractivity contribution < 1.29 is 19.1 Å². The number of carbonyl (C=O) groups is 2. The van der Waals surface area contributed by atoms with Crippen molar-refractivity contribution in [1.29, 1.82) is 0 Å². The summed E-state index contributed by atoms with van der Waals surface area (Å²) in [5, 5.41) is 2.37. The van der Waals surface area contributed by atoms with Crippen LogP contribution in [0.4, 0.5) is 17.1 Å². The quantitative estimate of drug-likeness (QED) is 0.110. The molecule has 5 nitrogen and oxygen atoms in total. The van der Waals surface area contributed by atoms with Gasteiger partial charge in [0.25, 0.3) is 0 Å². The molecule has 0 aromatic heterocycles. The van der Waals surface area contributed by atoms with Gasteiger partial charge in [-0.3, -0.25) is 0 Å². The molecule has 0 aliphatic carbocycles. The van der Waals surface area contributed by atoms with E-state index in [1.165, 1.54) is 21.9 Å². The van der Waals surface area contributed by atoms with Crippen molar-refractivity contribution >= 4 is 39.8 Å². The topological polar surface area (TPSA) is 55.8 Å². The summed E-state index contributed by atoms with van der Waals surface area (Å²) >= 11 is 0. The van der Waals surface area contributed by atoms with Gasteiger partial charge < -0.3 is 14.4 Å². The summed E-state index contributed by atoms with van der Waals surface area (Å²) in [7, 11) is 0. The van der Waals surface area contributed by atoms with Gasteiger partial charge in [0.1, 0.15) is 12.2 Å². The van der Waals surface area contributed by atoms with Crippen LogP contribution in [0.1, 0.15) is 36.5 Å². The molecule has 0 fully saturated rings. The Morgan fingerprint density at radius 2 is 1.20 bits per heavy atom. The van der Waals surface area contributed by atoms with Crippen molar-refractivity contribution in [3.8, 4) is 11.1 Å². The molecule has 0 amide bonds. The highest BCUT2D eigenvalue weighted by Gasteiger charge is 2.30. The Hall–Kier alpha value is -5.42. The molecule has 46 heavy (non-hydrogen) atoms. The Bertz CT molecular complexity index is 1840. The number of carbonyl (C=O) groups excluding carboxylic acids is 2. The van der Waals surface area contributed by atoms with Gasteiger partial charge in [-0.05, 0) is 91.2 Å². The van der Waals surface area contributed by atoms with Crippen molar-refractivity contribution in [3.63, 3.8) is 0 Å². The second kappa shape index (κ2) is 14.1. The number of hydrogen-bond acceptors (Lipinski definition) is 5. The normalized spacial score (nSPS) is 12.9. The highest BCUT2D eigenvalue weighted by Crippen LogP contribution is 2.40. The molecular formula is C41H39NO4. The lowest BCUT2D eigenvalue weighted by atomic mass is 9.88. The third-order valence-corrected chi connectivity index (χ3v) is 8.46. The van der Waals surface area contributed by atoms with Gasteiger partial charge in [0.15, 0.2) is 0 Å². The van der Waals surface area contributed by atoms with Crippen LogP contribution in [0.3, 0.4) is 0 Å². The Morgan fingerprint density at radius 3 is 1.78 bits per heavy atom. The third-order valence-electron chi connectivity index (χ3n) is 8.46. The number of aryl methyl sites for hydroxylation is 2. The predicted octanol–water partition coefficient (Wildman–Crippen LogP) is 9.91. The van der Waals surface area contributed by atoms with Gasteiger partial charge in [-0.25, -0.2) is 9.59 Å². The first-order valence-electron chi connectivity index (χ1n) is 15.4. The largest absolute Gasteiger partial charge is 0.459 e. The fraction of sp³-hybridized carbons (Fsp3) is 0.171. The van der Waals surface area contributed by atoms with Crippen LogP contribution in [0.5, 0.6) is 0 Å². The average molecular weight is 610 g/mol. The molecule has 5 heteroatoms. The maximum atomic E-state index is 12.0. The smallest absolute Gasteiger partial charge is 0.330 e. The molecule has 232 valence electrons. The zero-order chi connectivity index (χ0) is 32.8. The van der Waals surface area contributed by atoms with E-state index in [-0.39, 0.29) is 0 Å². The van der Waals surface area contributed by atoms with Crippen LogP contribution < -0.4 is 4.90 Å². The molecule has 5 aromatic carbocycles. The van der Waals surface area contributed by atoms with Gasteiger partial charge in [-0.2, -0.15) is 0 Å². The first-order valence-corrected chi connectivity index (χ1v) is 15.4. The average Bonchev–Trinajstić information content (AvgIpc) is 3.07. The number of nitrogens with zero attached hydrogens (tertiary/aromatic N) is 1. The summed E-state index contributed by atoms with van der Waals surface area (Å²) in [6.45, 7) is 14.8. The standard InChI is InChI=1S/C41H39NO4/c1-7-39(43)45-29(5)41(30(6)46-40(44)8-2)34-19-17-31(18-20-34)32-21-24-35(25-22-32)42(36-23-16-27(3)28(4)26-36)38-15-11-13-33-12-9-10-14-37(33)38/h7-26,29-30,41H,1-2H2,3-6H3. The summed E-state index contributed by atoms with van der Waals surface area (Å²) in [5.74, 6) is -1.46. The van der Waals surface area contributed by atoms with Crippen molar-refractivity contribution in [1.82, 2.24) is 0 Å². The summed E-state index contributed by atoms with van der Waals surface area (Å²) in [4.78, 5) is 26.3. The molecule has 0 spiro atoms. The van der Waals surface area contributed by atoms with E-state index < -0.39 is 30.1 Å². The minimum absolute atomic E-state index is 0.392. The van der Waals surface area contributed by atoms with Crippen LogP contribution in [0, 0.1) is 13.8 Å². The number of rotatable bonds is 11. The second-order valence-corrected chi connectivity index (χ2v) is 11.5. The maximum absolute atomic E-state index is 12.0. The van der Waals surface area contributed by atoms with Gasteiger partial charge in [0.2, 0.25) is 0 Å². The number of ether oxygens (including phenoxy) is 2. The lowest BCUT2D eigenvalue weighted by molar-refractivity contribution is -0.149. The summed E-state index contributed by atoms with van der Waals surface area (Å²) < 4.78 is 11.1. The van der Waals surface area contributed by atoms with E-state index in [2.05, 4.69) is 117 Å². The highest BCUT2D eigenvalue weighted by molar-refractivity contribution is 5.99. The highest BCUT2D eigenvalue weighted by atomic mass is 16.6. The Morgan fingerprint density at radius 1 is 0.652 bits per heavy atom. The number of hydrogen-bond donors (Lipinski definition) is 0. The fourth-order valence-corrected chi connectivity index (χ4v) is 5.93. The summed E-state index contributed by atoms with van der Waals surface area (Å²) in [6, 6.07) is 38.1. The molecule has 2 atom stereocenters. The lowest BCUT2D eigenvalue weighted by Crippen LogP contribution is -2.32. The van der Waals surface area contributed by atoms with Crippen LogP contribution in [0.15, 0.2) is 135 Å². The summed E-state index contributed by atoms with van der Waals surface area (Å²) in [6.07, 6.45) is 1.13. The third kappa shape index (κ3) is 6.94. The van der Waals surface area contributed by atoms with Crippen LogP contribution in [0.25, 0.3) is 21.9 Å². The number of benzene rings is 5. The van der Waals surface area contributed by atoms with Gasteiger partial charge in [0.05, 0.1) is 11.6 Å². The molecule has 0 saturated carbocycles. The molecule has 0 aliphatic heterocycles. The molecule has 0 aliphatic rings. The van der Waals surface area contributed by atoms with E-state index in [1.54, 1.807) is 13.8 Å². The van der Waals surface area contributed by atoms with Gasteiger partial charge in [-0.15, -0.1) is 0 Å². The van der Waals surface area contributed by atoms with E-state index in [0.717, 1.165) is 45.9 Å². The maximum Gasteiger partial charge on any atom is 0.330 e. The van der Waals surface area contributed by atoms with Crippen LogP contribution >= 0.6 is 0 Å². The molecule has 0 saturated heterocycles. The van der Waals surface area contributed by atoms with Crippen molar-refractivity contribution in [2.75, 3.05) is 4.90 Å². The molecule has 0 heterocycles. The Labute approximate surface area is 271 Å². The molecule has 5 aromatic rings. The SMILES string of the molecule is C=CC(=O)OC(C)C(c1ccc(-c2ccc(N(c3ccc(C)c(C)c3)c3cccc4ccccc34)cc2)cc1)C(C)OC(=O)C=C. The van der Waals surface area contributed by atoms with E-state index in [4.69, 9.17) is 9.47 Å². The van der Waals surface area contributed by atoms with E-state index in [9.17, 15) is 9.59 Å². The Kier molecular flexibility index (Phi) is 9.82. The second-order valence-electron chi connectivity index (χ2n) is 11.5. The van der Waals surface area contributed by atoms with Crippen molar-refractivity contribution in [2.45, 2.75) is 45.8 Å². The van der Waals surface area contributed by atoms with E-state index in [0.29, 0.717) is 0 Å².